The van der Waals surface area contributed by atoms with Crippen molar-refractivity contribution in [2.75, 3.05) is 7.11 Å². The summed E-state index contributed by atoms with van der Waals surface area (Å²) in [6.45, 7) is 0.514. The van der Waals surface area contributed by atoms with E-state index in [1.165, 1.54) is 0 Å². The average molecular weight is 198 g/mol. The summed E-state index contributed by atoms with van der Waals surface area (Å²) in [4.78, 5) is 4.05. The van der Waals surface area contributed by atoms with Crippen LogP contribution in [0.25, 0.3) is 11.1 Å². The Balaban J connectivity index is 2.60. The minimum absolute atomic E-state index is 0.165. The van der Waals surface area contributed by atoms with Crippen LogP contribution in [0.15, 0.2) is 22.6 Å². The standard InChI is InChI=1S/C9H8ClNO2/c1-12-5-6-3-2-4-7-8(6)11-9(10)13-7/h2-4H,5H2,1H3. The molecular formula is C9H8ClNO2. The summed E-state index contributed by atoms with van der Waals surface area (Å²) < 4.78 is 10.2. The van der Waals surface area contributed by atoms with Crippen molar-refractivity contribution in [3.05, 3.63) is 29.1 Å². The first-order chi connectivity index (χ1) is 6.31. The Bertz CT molecular complexity index is 424. The number of rotatable bonds is 2. The summed E-state index contributed by atoms with van der Waals surface area (Å²) in [7, 11) is 1.64. The van der Waals surface area contributed by atoms with E-state index in [2.05, 4.69) is 4.98 Å². The maximum absolute atomic E-state index is 5.64. The van der Waals surface area contributed by atoms with Gasteiger partial charge in [0.25, 0.3) is 5.35 Å². The zero-order valence-electron chi connectivity index (χ0n) is 7.08. The van der Waals surface area contributed by atoms with Crippen LogP contribution in [0.3, 0.4) is 0 Å². The molecule has 0 aliphatic heterocycles. The molecule has 0 radical (unpaired) electrons. The van der Waals surface area contributed by atoms with Crippen LogP contribution in [0, 0.1) is 0 Å². The molecule has 13 heavy (non-hydrogen) atoms. The van der Waals surface area contributed by atoms with Crippen molar-refractivity contribution in [2.24, 2.45) is 0 Å². The van der Waals surface area contributed by atoms with Gasteiger partial charge in [-0.3, -0.25) is 0 Å². The quantitative estimate of drug-likeness (QED) is 0.743. The topological polar surface area (TPSA) is 35.3 Å². The second-order valence-electron chi connectivity index (χ2n) is 2.66. The van der Waals surface area contributed by atoms with E-state index in [0.717, 1.165) is 11.1 Å². The second-order valence-corrected chi connectivity index (χ2v) is 2.99. The Kier molecular flexibility index (Phi) is 2.20. The maximum Gasteiger partial charge on any atom is 0.293 e. The summed E-state index contributed by atoms with van der Waals surface area (Å²) in [6.07, 6.45) is 0. The Morgan fingerprint density at radius 3 is 3.15 bits per heavy atom. The number of para-hydroxylation sites is 1. The number of hydrogen-bond acceptors (Lipinski definition) is 3. The molecule has 0 saturated carbocycles. The number of fused-ring (bicyclic) bond motifs is 1. The van der Waals surface area contributed by atoms with Crippen LogP contribution < -0.4 is 0 Å². The molecule has 0 fully saturated rings. The summed E-state index contributed by atoms with van der Waals surface area (Å²) in [6, 6.07) is 5.65. The van der Waals surface area contributed by atoms with Crippen molar-refractivity contribution in [3.8, 4) is 0 Å². The van der Waals surface area contributed by atoms with Crippen molar-refractivity contribution < 1.29 is 9.15 Å². The molecule has 3 nitrogen and oxygen atoms in total. The van der Waals surface area contributed by atoms with E-state index in [-0.39, 0.29) is 5.35 Å². The number of benzene rings is 1. The number of nitrogens with zero attached hydrogens (tertiary/aromatic N) is 1. The number of methoxy groups -OCH3 is 1. The van der Waals surface area contributed by atoms with Crippen LogP contribution in [0.2, 0.25) is 5.35 Å². The minimum Gasteiger partial charge on any atom is -0.428 e. The molecule has 0 atom stereocenters. The van der Waals surface area contributed by atoms with Crippen LogP contribution in [-0.4, -0.2) is 12.1 Å². The lowest BCUT2D eigenvalue weighted by Gasteiger charge is -1.97. The molecule has 1 aromatic carbocycles. The highest BCUT2D eigenvalue weighted by molar-refractivity contribution is 6.28. The number of halogens is 1. The Morgan fingerprint density at radius 1 is 1.54 bits per heavy atom. The molecule has 68 valence electrons. The highest BCUT2D eigenvalue weighted by Crippen LogP contribution is 2.22. The molecule has 0 saturated heterocycles. The van der Waals surface area contributed by atoms with Crippen molar-refractivity contribution in [1.29, 1.82) is 0 Å². The van der Waals surface area contributed by atoms with Crippen molar-refractivity contribution in [2.45, 2.75) is 6.61 Å². The van der Waals surface area contributed by atoms with Gasteiger partial charge in [0.05, 0.1) is 6.61 Å². The van der Waals surface area contributed by atoms with Crippen molar-refractivity contribution in [3.63, 3.8) is 0 Å². The normalized spacial score (nSPS) is 10.9. The van der Waals surface area contributed by atoms with Crippen LogP contribution >= 0.6 is 11.6 Å². The van der Waals surface area contributed by atoms with Gasteiger partial charge in [0, 0.05) is 12.7 Å². The molecule has 0 unspecified atom stereocenters. The molecule has 0 amide bonds. The van der Waals surface area contributed by atoms with E-state index in [1.54, 1.807) is 7.11 Å². The van der Waals surface area contributed by atoms with E-state index >= 15 is 0 Å². The predicted molar refractivity (Wildman–Crippen MR) is 49.7 cm³/mol. The summed E-state index contributed by atoms with van der Waals surface area (Å²) in [5.41, 5.74) is 2.45. The Morgan fingerprint density at radius 2 is 2.38 bits per heavy atom. The number of hydrogen-bond donors (Lipinski definition) is 0. The number of ether oxygens (including phenoxy) is 1. The van der Waals surface area contributed by atoms with Gasteiger partial charge < -0.3 is 9.15 Å². The third-order valence-electron chi connectivity index (χ3n) is 1.78. The number of oxazole rings is 1. The van der Waals surface area contributed by atoms with Gasteiger partial charge in [-0.1, -0.05) is 12.1 Å². The molecule has 2 aromatic rings. The zero-order chi connectivity index (χ0) is 9.26. The van der Waals surface area contributed by atoms with Crippen LogP contribution in [0.4, 0.5) is 0 Å². The van der Waals surface area contributed by atoms with Gasteiger partial charge in [0.2, 0.25) is 0 Å². The van der Waals surface area contributed by atoms with Gasteiger partial charge in [0.1, 0.15) is 5.52 Å². The Hall–Kier alpha value is -1.06. The first-order valence-corrected chi connectivity index (χ1v) is 4.22. The van der Waals surface area contributed by atoms with Crippen LogP contribution in [0.5, 0.6) is 0 Å². The molecule has 0 N–H and O–H groups in total. The summed E-state index contributed by atoms with van der Waals surface area (Å²) >= 11 is 5.64. The third-order valence-corrected chi connectivity index (χ3v) is 1.94. The second kappa shape index (κ2) is 3.36. The van der Waals surface area contributed by atoms with Gasteiger partial charge in [-0.05, 0) is 17.7 Å². The van der Waals surface area contributed by atoms with Crippen molar-refractivity contribution in [1.82, 2.24) is 4.98 Å². The van der Waals surface area contributed by atoms with E-state index < -0.39 is 0 Å². The number of aromatic nitrogens is 1. The summed E-state index contributed by atoms with van der Waals surface area (Å²) in [5, 5.41) is 0.165. The van der Waals surface area contributed by atoms with E-state index in [1.807, 2.05) is 18.2 Å². The molecule has 4 heteroatoms. The van der Waals surface area contributed by atoms with Gasteiger partial charge in [-0.2, -0.15) is 4.98 Å². The molecule has 1 aromatic heterocycles. The first kappa shape index (κ1) is 8.53. The molecule has 0 aliphatic rings. The van der Waals surface area contributed by atoms with E-state index in [4.69, 9.17) is 20.8 Å². The highest BCUT2D eigenvalue weighted by Gasteiger charge is 2.07. The van der Waals surface area contributed by atoms with E-state index in [0.29, 0.717) is 12.2 Å². The lowest BCUT2D eigenvalue weighted by atomic mass is 10.2. The average Bonchev–Trinajstić information content (AvgIpc) is 2.47. The highest BCUT2D eigenvalue weighted by atomic mass is 35.5. The lowest BCUT2D eigenvalue weighted by Crippen LogP contribution is -1.88. The monoisotopic (exact) mass is 197 g/mol. The fourth-order valence-electron chi connectivity index (χ4n) is 1.25. The molecule has 2 rings (SSSR count). The fourth-order valence-corrected chi connectivity index (χ4v) is 1.42. The molecule has 0 spiro atoms. The molecule has 0 bridgehead atoms. The smallest absolute Gasteiger partial charge is 0.293 e. The maximum atomic E-state index is 5.64. The van der Waals surface area contributed by atoms with Crippen LogP contribution in [0.1, 0.15) is 5.56 Å². The fraction of sp³-hybridized carbons (Fsp3) is 0.222. The minimum atomic E-state index is 0.165. The predicted octanol–water partition coefficient (Wildman–Crippen LogP) is 2.63. The SMILES string of the molecule is COCc1cccc2oc(Cl)nc12. The zero-order valence-corrected chi connectivity index (χ0v) is 7.84. The third kappa shape index (κ3) is 1.53. The van der Waals surface area contributed by atoms with Gasteiger partial charge in [-0.15, -0.1) is 0 Å². The Labute approximate surface area is 80.3 Å². The van der Waals surface area contributed by atoms with Crippen LogP contribution in [-0.2, 0) is 11.3 Å². The summed E-state index contributed by atoms with van der Waals surface area (Å²) in [5.74, 6) is 0. The van der Waals surface area contributed by atoms with E-state index in [9.17, 15) is 0 Å². The van der Waals surface area contributed by atoms with Gasteiger partial charge in [-0.25, -0.2) is 0 Å². The van der Waals surface area contributed by atoms with Gasteiger partial charge in [0.15, 0.2) is 5.58 Å². The molecule has 1 heterocycles. The molecule has 0 aliphatic carbocycles. The lowest BCUT2D eigenvalue weighted by molar-refractivity contribution is 0.186. The van der Waals surface area contributed by atoms with Crippen molar-refractivity contribution >= 4 is 22.7 Å². The first-order valence-electron chi connectivity index (χ1n) is 3.84. The molecular weight excluding hydrogens is 190 g/mol. The largest absolute Gasteiger partial charge is 0.428 e. The van der Waals surface area contributed by atoms with Gasteiger partial charge >= 0.3 is 0 Å².